The molecule has 1 aromatic heterocycles. The molecule has 0 radical (unpaired) electrons. The molecule has 1 unspecified atom stereocenters. The van der Waals surface area contributed by atoms with Crippen molar-refractivity contribution in [3.05, 3.63) is 24.2 Å². The number of rotatable bonds is 5. The van der Waals surface area contributed by atoms with Crippen molar-refractivity contribution in [2.45, 2.75) is 13.3 Å². The second kappa shape index (κ2) is 5.86. The van der Waals surface area contributed by atoms with Crippen molar-refractivity contribution in [2.24, 2.45) is 5.92 Å². The van der Waals surface area contributed by atoms with E-state index in [4.69, 9.17) is 4.42 Å². The first-order chi connectivity index (χ1) is 6.74. The number of hydrogen-bond acceptors (Lipinski definition) is 2. The highest BCUT2D eigenvalue weighted by molar-refractivity contribution is 9.09. The summed E-state index contributed by atoms with van der Waals surface area (Å²) in [4.78, 5) is 11.4. The highest BCUT2D eigenvalue weighted by Crippen LogP contribution is 2.04. The third-order valence-corrected chi connectivity index (χ3v) is 2.42. The molecule has 1 atom stereocenters. The van der Waals surface area contributed by atoms with Crippen LogP contribution in [0.3, 0.4) is 0 Å². The lowest BCUT2D eigenvalue weighted by Crippen LogP contribution is -2.28. The molecular weight excluding hydrogens is 246 g/mol. The molecule has 0 saturated heterocycles. The Hall–Kier alpha value is -0.770. The van der Waals surface area contributed by atoms with Crippen LogP contribution in [0, 0.1) is 5.92 Å². The van der Waals surface area contributed by atoms with Crippen LogP contribution in [0.4, 0.5) is 0 Å². The molecule has 0 spiro atoms. The van der Waals surface area contributed by atoms with Crippen LogP contribution >= 0.6 is 15.9 Å². The smallest absolute Gasteiger partial charge is 0.286 e. The van der Waals surface area contributed by atoms with Gasteiger partial charge in [0.25, 0.3) is 5.91 Å². The fourth-order valence-corrected chi connectivity index (χ4v) is 1.83. The number of halogens is 1. The predicted molar refractivity (Wildman–Crippen MR) is 58.6 cm³/mol. The van der Waals surface area contributed by atoms with Crippen LogP contribution in [0.15, 0.2) is 22.8 Å². The van der Waals surface area contributed by atoms with Crippen LogP contribution in [0.25, 0.3) is 0 Å². The van der Waals surface area contributed by atoms with E-state index in [-0.39, 0.29) is 5.91 Å². The molecule has 0 fully saturated rings. The summed E-state index contributed by atoms with van der Waals surface area (Å²) in [7, 11) is 0. The molecule has 0 saturated carbocycles. The molecule has 3 nitrogen and oxygen atoms in total. The van der Waals surface area contributed by atoms with Crippen molar-refractivity contribution in [3.8, 4) is 0 Å². The third kappa shape index (κ3) is 3.54. The Bertz CT molecular complexity index is 272. The fourth-order valence-electron chi connectivity index (χ4n) is 1.05. The summed E-state index contributed by atoms with van der Waals surface area (Å²) in [6.07, 6.45) is 2.55. The molecule has 1 rings (SSSR count). The molecule has 14 heavy (non-hydrogen) atoms. The minimum absolute atomic E-state index is 0.142. The Morgan fingerprint density at radius 1 is 1.71 bits per heavy atom. The van der Waals surface area contributed by atoms with Crippen LogP contribution in [-0.4, -0.2) is 17.8 Å². The monoisotopic (exact) mass is 259 g/mol. The van der Waals surface area contributed by atoms with Gasteiger partial charge in [-0.3, -0.25) is 4.79 Å². The van der Waals surface area contributed by atoms with Gasteiger partial charge in [0.2, 0.25) is 0 Å². The lowest BCUT2D eigenvalue weighted by atomic mass is 10.1. The molecule has 78 valence electrons. The Balaban J connectivity index is 2.28. The van der Waals surface area contributed by atoms with Crippen molar-refractivity contribution in [3.63, 3.8) is 0 Å². The maximum Gasteiger partial charge on any atom is 0.286 e. The molecule has 1 aromatic rings. The third-order valence-electron chi connectivity index (χ3n) is 1.96. The number of carbonyl (C=O) groups excluding carboxylic acids is 1. The summed E-state index contributed by atoms with van der Waals surface area (Å²) < 4.78 is 4.97. The zero-order chi connectivity index (χ0) is 10.4. The Kier molecular flexibility index (Phi) is 4.73. The van der Waals surface area contributed by atoms with Gasteiger partial charge in [-0.1, -0.05) is 22.9 Å². The van der Waals surface area contributed by atoms with Gasteiger partial charge in [0.05, 0.1) is 6.26 Å². The molecule has 0 aliphatic carbocycles. The van der Waals surface area contributed by atoms with E-state index in [1.807, 2.05) is 0 Å². The first kappa shape index (κ1) is 11.3. The average molecular weight is 260 g/mol. The molecule has 0 aromatic carbocycles. The van der Waals surface area contributed by atoms with Crippen molar-refractivity contribution in [1.29, 1.82) is 0 Å². The summed E-state index contributed by atoms with van der Waals surface area (Å²) in [6, 6.07) is 3.36. The van der Waals surface area contributed by atoms with E-state index < -0.39 is 0 Å². The summed E-state index contributed by atoms with van der Waals surface area (Å²) in [5.74, 6) is 0.709. The lowest BCUT2D eigenvalue weighted by molar-refractivity contribution is 0.0920. The number of alkyl halides is 1. The van der Waals surface area contributed by atoms with Gasteiger partial charge >= 0.3 is 0 Å². The van der Waals surface area contributed by atoms with Crippen LogP contribution in [0.1, 0.15) is 23.9 Å². The number of hydrogen-bond donors (Lipinski definition) is 1. The van der Waals surface area contributed by atoms with Gasteiger partial charge in [-0.2, -0.15) is 0 Å². The number of carbonyl (C=O) groups is 1. The zero-order valence-electron chi connectivity index (χ0n) is 8.13. The minimum Gasteiger partial charge on any atom is -0.459 e. The van der Waals surface area contributed by atoms with Gasteiger partial charge in [-0.05, 0) is 24.5 Å². The van der Waals surface area contributed by atoms with Crippen LogP contribution < -0.4 is 5.32 Å². The zero-order valence-corrected chi connectivity index (χ0v) is 9.71. The first-order valence-electron chi connectivity index (χ1n) is 4.61. The Morgan fingerprint density at radius 2 is 2.50 bits per heavy atom. The van der Waals surface area contributed by atoms with Crippen molar-refractivity contribution < 1.29 is 9.21 Å². The lowest BCUT2D eigenvalue weighted by Gasteiger charge is -2.09. The van der Waals surface area contributed by atoms with E-state index >= 15 is 0 Å². The average Bonchev–Trinajstić information content (AvgIpc) is 2.67. The van der Waals surface area contributed by atoms with Gasteiger partial charge in [0.15, 0.2) is 5.76 Å². The van der Waals surface area contributed by atoms with Gasteiger partial charge in [-0.25, -0.2) is 0 Å². The van der Waals surface area contributed by atoms with Crippen molar-refractivity contribution >= 4 is 21.8 Å². The minimum atomic E-state index is -0.142. The van der Waals surface area contributed by atoms with Crippen LogP contribution in [0.2, 0.25) is 0 Å². The molecule has 0 bridgehead atoms. The molecule has 0 aliphatic heterocycles. The molecule has 1 amide bonds. The Labute approximate surface area is 92.0 Å². The highest BCUT2D eigenvalue weighted by Gasteiger charge is 2.09. The van der Waals surface area contributed by atoms with Gasteiger partial charge in [0.1, 0.15) is 0 Å². The van der Waals surface area contributed by atoms with E-state index in [1.165, 1.54) is 6.26 Å². The molecule has 1 N–H and O–H groups in total. The molecular formula is C10H14BrNO2. The predicted octanol–water partition coefficient (Wildman–Crippen LogP) is 2.43. The van der Waals surface area contributed by atoms with E-state index in [1.54, 1.807) is 12.1 Å². The topological polar surface area (TPSA) is 42.2 Å². The summed E-state index contributed by atoms with van der Waals surface area (Å²) in [6.45, 7) is 2.79. The normalized spacial score (nSPS) is 12.4. The maximum atomic E-state index is 11.4. The molecule has 1 heterocycles. The number of amides is 1. The van der Waals surface area contributed by atoms with E-state index in [0.717, 1.165) is 11.8 Å². The molecule has 0 aliphatic rings. The SMILES string of the molecule is CC(CCBr)CNC(=O)c1ccco1. The van der Waals surface area contributed by atoms with Gasteiger partial charge in [0, 0.05) is 11.9 Å². The van der Waals surface area contributed by atoms with Crippen molar-refractivity contribution in [2.75, 3.05) is 11.9 Å². The van der Waals surface area contributed by atoms with Crippen LogP contribution in [0.5, 0.6) is 0 Å². The molecule has 4 heteroatoms. The summed E-state index contributed by atoms with van der Waals surface area (Å²) in [5.41, 5.74) is 0. The van der Waals surface area contributed by atoms with E-state index in [9.17, 15) is 4.79 Å². The number of nitrogens with one attached hydrogen (secondary N) is 1. The number of furan rings is 1. The maximum absolute atomic E-state index is 11.4. The fraction of sp³-hybridized carbons (Fsp3) is 0.500. The van der Waals surface area contributed by atoms with Gasteiger partial charge in [-0.15, -0.1) is 0 Å². The van der Waals surface area contributed by atoms with E-state index in [0.29, 0.717) is 18.2 Å². The highest BCUT2D eigenvalue weighted by atomic mass is 79.9. The van der Waals surface area contributed by atoms with Crippen molar-refractivity contribution in [1.82, 2.24) is 5.32 Å². The van der Waals surface area contributed by atoms with Crippen LogP contribution in [-0.2, 0) is 0 Å². The quantitative estimate of drug-likeness (QED) is 0.826. The summed E-state index contributed by atoms with van der Waals surface area (Å²) in [5, 5.41) is 3.78. The second-order valence-corrected chi connectivity index (χ2v) is 4.06. The largest absolute Gasteiger partial charge is 0.459 e. The Morgan fingerprint density at radius 3 is 3.07 bits per heavy atom. The summed E-state index contributed by atoms with van der Waals surface area (Å²) >= 11 is 3.36. The van der Waals surface area contributed by atoms with Gasteiger partial charge < -0.3 is 9.73 Å². The second-order valence-electron chi connectivity index (χ2n) is 3.27. The van der Waals surface area contributed by atoms with E-state index in [2.05, 4.69) is 28.2 Å². The standard InChI is InChI=1S/C10H14BrNO2/c1-8(4-5-11)7-12-10(13)9-3-2-6-14-9/h2-3,6,8H,4-5,7H2,1H3,(H,12,13). The first-order valence-corrected chi connectivity index (χ1v) is 5.74.